The highest BCUT2D eigenvalue weighted by Crippen LogP contribution is 2.38. The fourth-order valence-corrected chi connectivity index (χ4v) is 7.71. The molecule has 0 aliphatic carbocycles. The number of aromatic nitrogens is 3. The van der Waals surface area contributed by atoms with E-state index in [0.717, 1.165) is 106 Å². The number of oxazole rings is 1. The van der Waals surface area contributed by atoms with Crippen LogP contribution in [-0.4, -0.2) is 62.1 Å². The molecule has 0 unspecified atom stereocenters. The van der Waals surface area contributed by atoms with Gasteiger partial charge in [-0.25, -0.2) is 9.97 Å². The van der Waals surface area contributed by atoms with Gasteiger partial charge < -0.3 is 14.8 Å². The van der Waals surface area contributed by atoms with Crippen LogP contribution in [0.5, 0.6) is 0 Å². The molecule has 0 spiro atoms. The molecule has 6 aromatic rings. The van der Waals surface area contributed by atoms with Gasteiger partial charge in [0, 0.05) is 55.2 Å². The van der Waals surface area contributed by atoms with E-state index in [9.17, 15) is 10.4 Å². The number of pyridine rings is 2. The largest absolute Gasteiger partial charge is 0.435 e. The fraction of sp³-hybridized carbons (Fsp3) is 0.333. The lowest BCUT2D eigenvalue weighted by atomic mass is 9.93. The minimum absolute atomic E-state index is 0.241. The molecule has 9 heteroatoms. The van der Waals surface area contributed by atoms with Crippen LogP contribution < -0.4 is 5.32 Å². The van der Waals surface area contributed by atoms with Crippen molar-refractivity contribution in [2.45, 2.75) is 59.2 Å². The van der Waals surface area contributed by atoms with E-state index in [0.29, 0.717) is 29.4 Å². The summed E-state index contributed by atoms with van der Waals surface area (Å²) < 4.78 is 6.34. The van der Waals surface area contributed by atoms with Crippen LogP contribution in [-0.2, 0) is 13.1 Å². The third-order valence-corrected chi connectivity index (χ3v) is 10.7. The number of nitrogens with zero attached hydrogens (tertiary/aromatic N) is 6. The van der Waals surface area contributed by atoms with Crippen LogP contribution in [0, 0.1) is 31.1 Å². The van der Waals surface area contributed by atoms with Crippen LogP contribution in [0.3, 0.4) is 0 Å². The Labute approximate surface area is 298 Å². The average Bonchev–Trinajstić information content (AvgIpc) is 3.75. The maximum atomic E-state index is 10.0. The van der Waals surface area contributed by atoms with Crippen LogP contribution in [0.1, 0.15) is 54.0 Å². The van der Waals surface area contributed by atoms with Crippen molar-refractivity contribution >= 4 is 33.5 Å². The minimum Gasteiger partial charge on any atom is -0.435 e. The Hall–Kier alpha value is -5.14. The predicted molar refractivity (Wildman–Crippen MR) is 201 cm³/mol. The van der Waals surface area contributed by atoms with Crippen molar-refractivity contribution < 1.29 is 9.52 Å². The summed E-state index contributed by atoms with van der Waals surface area (Å²) in [4.78, 5) is 19.2. The molecule has 2 N–H and O–H groups in total. The molecule has 2 aliphatic heterocycles. The summed E-state index contributed by atoms with van der Waals surface area (Å²) in [6.45, 7) is 11.9. The number of piperidine rings is 1. The molecular formula is C42H43N7O2. The maximum absolute atomic E-state index is 10.0. The zero-order valence-electron chi connectivity index (χ0n) is 29.5. The average molecular weight is 678 g/mol. The van der Waals surface area contributed by atoms with Crippen molar-refractivity contribution in [3.8, 4) is 28.7 Å². The molecule has 2 fully saturated rings. The second kappa shape index (κ2) is 13.9. The summed E-state index contributed by atoms with van der Waals surface area (Å²) >= 11 is 0. The van der Waals surface area contributed by atoms with Crippen LogP contribution in [0.25, 0.3) is 44.6 Å². The first-order valence-electron chi connectivity index (χ1n) is 18.0. The molecule has 51 heavy (non-hydrogen) atoms. The predicted octanol–water partition coefficient (Wildman–Crippen LogP) is 8.14. The molecule has 3 aromatic carbocycles. The van der Waals surface area contributed by atoms with E-state index in [-0.39, 0.29) is 6.10 Å². The molecule has 9 nitrogen and oxygen atoms in total. The Bertz CT molecular complexity index is 2280. The molecule has 3 aromatic heterocycles. The summed E-state index contributed by atoms with van der Waals surface area (Å²) in [5, 5.41) is 24.6. The van der Waals surface area contributed by atoms with Gasteiger partial charge in [-0.15, -0.1) is 0 Å². The third kappa shape index (κ3) is 6.71. The maximum Gasteiger partial charge on any atom is 0.227 e. The van der Waals surface area contributed by atoms with Gasteiger partial charge in [-0.3, -0.25) is 14.8 Å². The van der Waals surface area contributed by atoms with E-state index in [1.165, 1.54) is 12.8 Å². The summed E-state index contributed by atoms with van der Waals surface area (Å²) in [6, 6.07) is 23.0. The van der Waals surface area contributed by atoms with Gasteiger partial charge >= 0.3 is 0 Å². The van der Waals surface area contributed by atoms with Gasteiger partial charge in [-0.1, -0.05) is 31.2 Å². The number of aliphatic hydroxyl groups excluding tert-OH is 1. The molecule has 0 amide bonds. The van der Waals surface area contributed by atoms with Gasteiger partial charge in [0.2, 0.25) is 5.89 Å². The van der Waals surface area contributed by atoms with Crippen molar-refractivity contribution in [1.82, 2.24) is 24.8 Å². The van der Waals surface area contributed by atoms with E-state index < -0.39 is 0 Å². The summed E-state index contributed by atoms with van der Waals surface area (Å²) in [5.74, 6) is 1.99. The van der Waals surface area contributed by atoms with Crippen molar-refractivity contribution in [3.63, 3.8) is 0 Å². The van der Waals surface area contributed by atoms with Gasteiger partial charge in [0.1, 0.15) is 17.1 Å². The number of nitriles is 1. The van der Waals surface area contributed by atoms with E-state index in [4.69, 9.17) is 14.4 Å². The Morgan fingerprint density at radius 2 is 1.63 bits per heavy atom. The Kier molecular flexibility index (Phi) is 8.99. The number of benzene rings is 3. The van der Waals surface area contributed by atoms with Gasteiger partial charge in [0.25, 0.3) is 0 Å². The Morgan fingerprint density at radius 1 is 0.882 bits per heavy atom. The number of fused-ring (bicyclic) bond motifs is 2. The molecule has 0 radical (unpaired) electrons. The van der Waals surface area contributed by atoms with Gasteiger partial charge in [0.05, 0.1) is 11.7 Å². The molecule has 2 saturated heterocycles. The number of hydrogen-bond donors (Lipinski definition) is 2. The number of nitrogens with one attached hydrogen (secondary N) is 1. The SMILES string of the molecule is Cc1c(Nc2nccc3cc(CN4CC[C@@H](O)C4)cnc23)cccc1-c1cccc(-c2nc3cc(CN4CCC(C)CC4)cc(C#N)c3o2)c1C. The smallest absolute Gasteiger partial charge is 0.227 e. The van der Waals surface area contributed by atoms with E-state index in [2.05, 4.69) is 83.3 Å². The molecule has 8 rings (SSSR count). The van der Waals surface area contributed by atoms with Crippen molar-refractivity contribution in [2.75, 3.05) is 31.5 Å². The highest BCUT2D eigenvalue weighted by Gasteiger charge is 2.22. The Balaban J connectivity index is 1.07. The van der Waals surface area contributed by atoms with Gasteiger partial charge in [-0.2, -0.15) is 5.26 Å². The first-order chi connectivity index (χ1) is 24.8. The lowest BCUT2D eigenvalue weighted by Gasteiger charge is -2.30. The number of aliphatic hydroxyl groups is 1. The molecular weight excluding hydrogens is 635 g/mol. The third-order valence-electron chi connectivity index (χ3n) is 10.7. The Morgan fingerprint density at radius 3 is 2.41 bits per heavy atom. The highest BCUT2D eigenvalue weighted by atomic mass is 16.3. The standard InChI is InChI=1S/C42H43N7O2/c1-26-11-15-48(16-12-26)23-29-18-32(21-43)40-38(20-29)47-42(51-40)36-8-4-6-34(27(36)2)35-7-5-9-37(28(35)3)46-41-39-31(10-14-44-41)19-30(22-45-39)24-49-17-13-33(50)25-49/h4-10,14,18-20,22,26,33,50H,11-13,15-17,23-25H2,1-3H3,(H,44,46)/t33-/m1/s1. The molecule has 5 heterocycles. The molecule has 2 aliphatic rings. The first-order valence-corrected chi connectivity index (χ1v) is 18.0. The summed E-state index contributed by atoms with van der Waals surface area (Å²) in [7, 11) is 0. The lowest BCUT2D eigenvalue weighted by molar-refractivity contribution is 0.175. The lowest BCUT2D eigenvalue weighted by Crippen LogP contribution is -2.32. The molecule has 0 saturated carbocycles. The quantitative estimate of drug-likeness (QED) is 0.165. The highest BCUT2D eigenvalue weighted by molar-refractivity contribution is 5.91. The monoisotopic (exact) mass is 677 g/mol. The van der Waals surface area contributed by atoms with Crippen LogP contribution in [0.2, 0.25) is 0 Å². The second-order valence-corrected chi connectivity index (χ2v) is 14.4. The molecule has 1 atom stereocenters. The topological polar surface area (TPSA) is 114 Å². The summed E-state index contributed by atoms with van der Waals surface area (Å²) in [6.07, 6.45) is 6.73. The van der Waals surface area contributed by atoms with Crippen LogP contribution >= 0.6 is 0 Å². The van der Waals surface area contributed by atoms with Gasteiger partial charge in [-0.05, 0) is 122 Å². The van der Waals surface area contributed by atoms with Gasteiger partial charge in [0.15, 0.2) is 11.4 Å². The van der Waals surface area contributed by atoms with Crippen molar-refractivity contribution in [3.05, 3.63) is 101 Å². The van der Waals surface area contributed by atoms with Crippen LogP contribution in [0.4, 0.5) is 11.5 Å². The fourth-order valence-electron chi connectivity index (χ4n) is 7.71. The zero-order chi connectivity index (χ0) is 35.1. The number of anilines is 2. The van der Waals surface area contributed by atoms with Crippen LogP contribution in [0.15, 0.2) is 77.5 Å². The summed E-state index contributed by atoms with van der Waals surface area (Å²) in [5.41, 5.74) is 11.0. The number of hydrogen-bond acceptors (Lipinski definition) is 9. The first kappa shape index (κ1) is 33.0. The molecule has 258 valence electrons. The number of likely N-dealkylation sites (tertiary alicyclic amines) is 2. The van der Waals surface area contributed by atoms with Crippen molar-refractivity contribution in [2.24, 2.45) is 5.92 Å². The normalized spacial score (nSPS) is 17.4. The van der Waals surface area contributed by atoms with E-state index >= 15 is 0 Å². The van der Waals surface area contributed by atoms with Crippen molar-refractivity contribution in [1.29, 1.82) is 5.26 Å². The van der Waals surface area contributed by atoms with E-state index in [1.54, 1.807) is 0 Å². The number of rotatable bonds is 8. The molecule has 0 bridgehead atoms. The number of β-amino-alcohol motifs (C(OH)–C–C–N with tert-alkyl or cyclic N) is 1. The minimum atomic E-state index is -0.241. The van der Waals surface area contributed by atoms with E-state index in [1.807, 2.05) is 36.7 Å². The zero-order valence-corrected chi connectivity index (χ0v) is 29.5. The second-order valence-electron chi connectivity index (χ2n) is 14.4.